The number of aromatic nitrogens is 1. The minimum Gasteiger partial charge on any atom is -0.443 e. The second kappa shape index (κ2) is 5.55. The first-order valence-corrected chi connectivity index (χ1v) is 8.16. The zero-order chi connectivity index (χ0) is 16.8. The minimum atomic E-state index is -0.696. The lowest BCUT2D eigenvalue weighted by atomic mass is 9.95. The minimum absolute atomic E-state index is 0.461. The number of hydrogen-bond acceptors (Lipinski definition) is 4. The molecule has 1 aliphatic rings. The molecule has 0 radical (unpaired) electrons. The normalized spacial score (nSPS) is 16.2. The molecule has 5 nitrogen and oxygen atoms in total. The summed E-state index contributed by atoms with van der Waals surface area (Å²) in [5.74, 6) is -0.172. The van der Waals surface area contributed by atoms with Gasteiger partial charge in [-0.15, -0.1) is 0 Å². The Kier molecular flexibility index (Phi) is 3.82. The Bertz CT molecular complexity index is 801. The zero-order valence-corrected chi connectivity index (χ0v) is 14.1. The fourth-order valence-electron chi connectivity index (χ4n) is 3.34. The molecule has 1 heterocycles. The summed E-state index contributed by atoms with van der Waals surface area (Å²) >= 11 is 0. The van der Waals surface area contributed by atoms with E-state index in [-0.39, 0.29) is 0 Å². The molecule has 0 N–H and O–H groups in total. The lowest BCUT2D eigenvalue weighted by Crippen LogP contribution is -2.31. The maximum atomic E-state index is 12.3. The topological polar surface area (TPSA) is 61.4 Å². The van der Waals surface area contributed by atoms with Crippen LogP contribution < -0.4 is 5.76 Å². The van der Waals surface area contributed by atoms with E-state index in [0.29, 0.717) is 17.0 Å². The van der Waals surface area contributed by atoms with Crippen molar-refractivity contribution < 1.29 is 13.9 Å². The first-order valence-electron chi connectivity index (χ1n) is 8.16. The quantitative estimate of drug-likeness (QED) is 0.784. The van der Waals surface area contributed by atoms with Gasteiger partial charge >= 0.3 is 11.8 Å². The molecule has 0 aliphatic heterocycles. The number of oxazole rings is 1. The fraction of sp³-hybridized carbons (Fsp3) is 0.556. The third-order valence-electron chi connectivity index (χ3n) is 4.29. The van der Waals surface area contributed by atoms with Gasteiger partial charge in [0.05, 0.1) is 0 Å². The van der Waals surface area contributed by atoms with Crippen LogP contribution in [0.1, 0.15) is 63.5 Å². The molecule has 1 aromatic carbocycles. The predicted octanol–water partition coefficient (Wildman–Crippen LogP) is 4.34. The van der Waals surface area contributed by atoms with Gasteiger partial charge in [-0.1, -0.05) is 18.9 Å². The van der Waals surface area contributed by atoms with E-state index in [1.165, 1.54) is 31.2 Å². The summed E-state index contributed by atoms with van der Waals surface area (Å²) < 4.78 is 11.6. The predicted molar refractivity (Wildman–Crippen MR) is 88.1 cm³/mol. The molecule has 0 atom stereocenters. The highest BCUT2D eigenvalue weighted by molar-refractivity contribution is 5.87. The number of aryl methyl sites for hydroxylation is 1. The van der Waals surface area contributed by atoms with Crippen LogP contribution in [0.3, 0.4) is 0 Å². The first-order chi connectivity index (χ1) is 10.8. The van der Waals surface area contributed by atoms with E-state index in [2.05, 4.69) is 6.07 Å². The molecule has 2 aromatic rings. The zero-order valence-electron chi connectivity index (χ0n) is 14.1. The van der Waals surface area contributed by atoms with Crippen molar-refractivity contribution in [3.05, 3.63) is 33.8 Å². The highest BCUT2D eigenvalue weighted by atomic mass is 16.6. The van der Waals surface area contributed by atoms with E-state index in [9.17, 15) is 9.59 Å². The third-order valence-corrected chi connectivity index (χ3v) is 4.29. The van der Waals surface area contributed by atoms with Crippen LogP contribution in [0.2, 0.25) is 0 Å². The third kappa shape index (κ3) is 3.05. The standard InChI is InChI=1S/C18H23NO4/c1-11-9-13(12-7-5-6-8-12)10-14-15(11)19(16(20)22-14)17(21)23-18(2,3)4/h9-10,12H,5-8H2,1-4H3. The molecule has 1 aliphatic carbocycles. The van der Waals surface area contributed by atoms with Gasteiger partial charge in [-0.05, 0) is 63.6 Å². The second-order valence-electron chi connectivity index (χ2n) is 7.35. The Hall–Kier alpha value is -2.04. The molecule has 0 bridgehead atoms. The maximum Gasteiger partial charge on any atom is 0.429 e. The van der Waals surface area contributed by atoms with Crippen molar-refractivity contribution in [1.29, 1.82) is 0 Å². The second-order valence-corrected chi connectivity index (χ2v) is 7.35. The van der Waals surface area contributed by atoms with Crippen LogP contribution in [-0.4, -0.2) is 16.3 Å². The first kappa shape index (κ1) is 15.8. The molecular formula is C18H23NO4. The summed E-state index contributed by atoms with van der Waals surface area (Å²) in [6.07, 6.45) is 4.12. The van der Waals surface area contributed by atoms with Gasteiger partial charge in [-0.25, -0.2) is 9.59 Å². The molecular weight excluding hydrogens is 294 g/mol. The number of ether oxygens (including phenoxy) is 1. The Morgan fingerprint density at radius 3 is 2.52 bits per heavy atom. The van der Waals surface area contributed by atoms with Crippen LogP contribution in [0.5, 0.6) is 0 Å². The highest BCUT2D eigenvalue weighted by Gasteiger charge is 2.25. The Balaban J connectivity index is 2.08. The molecule has 1 saturated carbocycles. The summed E-state index contributed by atoms with van der Waals surface area (Å²) in [6, 6.07) is 3.97. The Morgan fingerprint density at radius 2 is 1.91 bits per heavy atom. The number of hydrogen-bond donors (Lipinski definition) is 0. The molecule has 1 fully saturated rings. The number of benzene rings is 1. The van der Waals surface area contributed by atoms with E-state index in [4.69, 9.17) is 9.15 Å². The van der Waals surface area contributed by atoms with Crippen LogP contribution in [0.15, 0.2) is 21.3 Å². The van der Waals surface area contributed by atoms with Gasteiger partial charge < -0.3 is 9.15 Å². The Labute approximate surface area is 135 Å². The smallest absolute Gasteiger partial charge is 0.429 e. The van der Waals surface area contributed by atoms with Crippen molar-refractivity contribution in [1.82, 2.24) is 4.57 Å². The number of rotatable bonds is 1. The summed E-state index contributed by atoms with van der Waals surface area (Å²) in [7, 11) is 0. The lowest BCUT2D eigenvalue weighted by Gasteiger charge is -2.19. The van der Waals surface area contributed by atoms with Gasteiger partial charge in [0, 0.05) is 0 Å². The summed E-state index contributed by atoms with van der Waals surface area (Å²) in [5.41, 5.74) is 2.35. The van der Waals surface area contributed by atoms with E-state index in [1.807, 2.05) is 13.0 Å². The number of fused-ring (bicyclic) bond motifs is 1. The van der Waals surface area contributed by atoms with Gasteiger partial charge in [-0.2, -0.15) is 4.57 Å². The van der Waals surface area contributed by atoms with Gasteiger partial charge in [0.1, 0.15) is 11.1 Å². The molecule has 5 heteroatoms. The number of nitrogens with zero attached hydrogens (tertiary/aromatic N) is 1. The van der Waals surface area contributed by atoms with Gasteiger partial charge in [0.15, 0.2) is 5.58 Å². The van der Waals surface area contributed by atoms with E-state index < -0.39 is 17.5 Å². The van der Waals surface area contributed by atoms with Crippen molar-refractivity contribution in [3.8, 4) is 0 Å². The van der Waals surface area contributed by atoms with E-state index in [1.54, 1.807) is 20.8 Å². The highest BCUT2D eigenvalue weighted by Crippen LogP contribution is 2.36. The Morgan fingerprint density at radius 1 is 1.26 bits per heavy atom. The van der Waals surface area contributed by atoms with Crippen LogP contribution in [-0.2, 0) is 4.74 Å². The summed E-state index contributed by atoms with van der Waals surface area (Å²) in [5, 5.41) is 0. The van der Waals surface area contributed by atoms with Crippen LogP contribution in [0.25, 0.3) is 11.1 Å². The molecule has 124 valence electrons. The molecule has 0 saturated heterocycles. The van der Waals surface area contributed by atoms with Crippen LogP contribution in [0, 0.1) is 6.92 Å². The molecule has 23 heavy (non-hydrogen) atoms. The number of carbonyl (C=O) groups excluding carboxylic acids is 1. The van der Waals surface area contributed by atoms with Gasteiger partial charge in [0.2, 0.25) is 0 Å². The number of carbonyl (C=O) groups is 1. The van der Waals surface area contributed by atoms with Crippen molar-refractivity contribution in [3.63, 3.8) is 0 Å². The molecule has 0 spiro atoms. The largest absolute Gasteiger partial charge is 0.443 e. The summed E-state index contributed by atoms with van der Waals surface area (Å²) in [4.78, 5) is 24.5. The van der Waals surface area contributed by atoms with Crippen molar-refractivity contribution in [2.75, 3.05) is 0 Å². The molecule has 0 unspecified atom stereocenters. The van der Waals surface area contributed by atoms with E-state index >= 15 is 0 Å². The lowest BCUT2D eigenvalue weighted by molar-refractivity contribution is 0.0532. The monoisotopic (exact) mass is 317 g/mol. The fourth-order valence-corrected chi connectivity index (χ4v) is 3.34. The average molecular weight is 317 g/mol. The maximum absolute atomic E-state index is 12.3. The van der Waals surface area contributed by atoms with Crippen molar-refractivity contribution in [2.45, 2.75) is 64.9 Å². The van der Waals surface area contributed by atoms with Gasteiger partial charge in [-0.3, -0.25) is 0 Å². The molecule has 3 rings (SSSR count). The van der Waals surface area contributed by atoms with Crippen molar-refractivity contribution >= 4 is 17.2 Å². The molecule has 0 amide bonds. The van der Waals surface area contributed by atoms with Crippen molar-refractivity contribution in [2.24, 2.45) is 0 Å². The molecule has 1 aromatic heterocycles. The summed E-state index contributed by atoms with van der Waals surface area (Å²) in [6.45, 7) is 7.20. The van der Waals surface area contributed by atoms with Crippen LogP contribution in [0.4, 0.5) is 4.79 Å². The van der Waals surface area contributed by atoms with Crippen LogP contribution >= 0.6 is 0 Å². The average Bonchev–Trinajstić information content (AvgIpc) is 3.02. The van der Waals surface area contributed by atoms with E-state index in [0.717, 1.165) is 10.1 Å². The SMILES string of the molecule is Cc1cc(C2CCCC2)cc2oc(=O)n(C(=O)OC(C)(C)C)c12. The van der Waals surface area contributed by atoms with Gasteiger partial charge in [0.25, 0.3) is 0 Å².